The number of methoxy groups -OCH3 is 3. The molecule has 7 nitrogen and oxygen atoms in total. The molecular formula is C24H34N2O5. The molecule has 1 unspecified atom stereocenters. The second-order valence-corrected chi connectivity index (χ2v) is 8.27. The molecule has 1 aliphatic heterocycles. The maximum absolute atomic E-state index is 13.6. The van der Waals surface area contributed by atoms with Crippen molar-refractivity contribution in [2.24, 2.45) is 5.92 Å². The fraction of sp³-hybridized carbons (Fsp3) is 0.542. The molecule has 0 radical (unpaired) electrons. The van der Waals surface area contributed by atoms with Crippen molar-refractivity contribution in [1.29, 1.82) is 0 Å². The lowest BCUT2D eigenvalue weighted by Crippen LogP contribution is -2.40. The van der Waals surface area contributed by atoms with Gasteiger partial charge in [-0.25, -0.2) is 0 Å². The van der Waals surface area contributed by atoms with Gasteiger partial charge in [0.05, 0.1) is 32.4 Å². The van der Waals surface area contributed by atoms with E-state index < -0.39 is 0 Å². The van der Waals surface area contributed by atoms with Crippen LogP contribution in [-0.4, -0.2) is 55.6 Å². The number of rotatable bonds is 8. The molecular weight excluding hydrogens is 396 g/mol. The third-order valence-electron chi connectivity index (χ3n) is 6.22. The van der Waals surface area contributed by atoms with E-state index in [2.05, 4.69) is 11.8 Å². The molecule has 0 saturated carbocycles. The molecule has 1 aromatic carbocycles. The molecule has 3 rings (SSSR count). The monoisotopic (exact) mass is 430 g/mol. The number of aromatic hydroxyl groups is 1. The summed E-state index contributed by atoms with van der Waals surface area (Å²) in [7, 11) is 4.81. The number of piperidine rings is 1. The van der Waals surface area contributed by atoms with Crippen LogP contribution in [0.3, 0.4) is 0 Å². The Kier molecular flexibility index (Phi) is 7.62. The van der Waals surface area contributed by atoms with Gasteiger partial charge < -0.3 is 23.9 Å². The highest BCUT2D eigenvalue weighted by molar-refractivity contribution is 5.48. The summed E-state index contributed by atoms with van der Waals surface area (Å²) in [4.78, 5) is 15.9. The van der Waals surface area contributed by atoms with Crippen molar-refractivity contribution in [2.75, 3.05) is 41.0 Å². The number of hydrogen-bond donors (Lipinski definition) is 1. The molecule has 1 fully saturated rings. The molecule has 0 amide bonds. The third-order valence-corrected chi connectivity index (χ3v) is 6.22. The van der Waals surface area contributed by atoms with Crippen LogP contribution in [0.2, 0.25) is 0 Å². The standard InChI is InChI=1S/C24H34N2O5/c1-16-8-10-25(11-9-16)23(18-6-7-20(30-4)21(15-18)31-5)22-19(27)14-17(2)26(24(22)28)12-13-29-3/h6-7,14-16,23,27H,8-13H2,1-5H3. The van der Waals surface area contributed by atoms with Gasteiger partial charge in [-0.15, -0.1) is 0 Å². The Balaban J connectivity index is 2.17. The first-order valence-electron chi connectivity index (χ1n) is 10.8. The second-order valence-electron chi connectivity index (χ2n) is 8.27. The molecule has 1 aliphatic rings. The summed E-state index contributed by atoms with van der Waals surface area (Å²) in [6.45, 7) is 6.64. The topological polar surface area (TPSA) is 73.2 Å². The first-order valence-corrected chi connectivity index (χ1v) is 10.8. The Labute approximate surface area is 184 Å². The third kappa shape index (κ3) is 4.88. The number of aromatic nitrogens is 1. The summed E-state index contributed by atoms with van der Waals surface area (Å²) >= 11 is 0. The molecule has 1 aromatic heterocycles. The molecule has 1 atom stereocenters. The van der Waals surface area contributed by atoms with E-state index in [-0.39, 0.29) is 17.4 Å². The van der Waals surface area contributed by atoms with E-state index in [1.807, 2.05) is 25.1 Å². The zero-order valence-electron chi connectivity index (χ0n) is 19.2. The molecule has 0 bridgehead atoms. The zero-order valence-corrected chi connectivity index (χ0v) is 19.2. The van der Waals surface area contributed by atoms with Crippen molar-refractivity contribution >= 4 is 0 Å². The summed E-state index contributed by atoms with van der Waals surface area (Å²) in [6.07, 6.45) is 2.10. The Morgan fingerprint density at radius 3 is 2.39 bits per heavy atom. The molecule has 1 saturated heterocycles. The van der Waals surface area contributed by atoms with Crippen LogP contribution in [-0.2, 0) is 11.3 Å². The molecule has 7 heteroatoms. The van der Waals surface area contributed by atoms with Gasteiger partial charge in [-0.2, -0.15) is 0 Å². The van der Waals surface area contributed by atoms with Crippen molar-refractivity contribution in [1.82, 2.24) is 9.47 Å². The lowest BCUT2D eigenvalue weighted by atomic mass is 9.91. The maximum atomic E-state index is 13.6. The summed E-state index contributed by atoms with van der Waals surface area (Å²) in [5, 5.41) is 10.9. The molecule has 2 aromatic rings. The number of aryl methyl sites for hydroxylation is 1. The summed E-state index contributed by atoms with van der Waals surface area (Å²) < 4.78 is 17.8. The van der Waals surface area contributed by atoms with Crippen LogP contribution in [0, 0.1) is 12.8 Å². The molecule has 31 heavy (non-hydrogen) atoms. The number of nitrogens with zero attached hydrogens (tertiary/aromatic N) is 2. The van der Waals surface area contributed by atoms with Gasteiger partial charge in [0.15, 0.2) is 11.5 Å². The van der Waals surface area contributed by atoms with Crippen LogP contribution in [0.15, 0.2) is 29.1 Å². The normalized spacial score (nSPS) is 16.3. The van der Waals surface area contributed by atoms with E-state index in [9.17, 15) is 9.90 Å². The van der Waals surface area contributed by atoms with Gasteiger partial charge in [-0.3, -0.25) is 9.69 Å². The SMILES string of the molecule is COCCn1c(C)cc(O)c(C(c2ccc(OC)c(OC)c2)N2CCC(C)CC2)c1=O. The number of pyridine rings is 1. The maximum Gasteiger partial charge on any atom is 0.259 e. The average Bonchev–Trinajstić information content (AvgIpc) is 2.76. The fourth-order valence-corrected chi connectivity index (χ4v) is 4.36. The summed E-state index contributed by atoms with van der Waals surface area (Å²) in [5.74, 6) is 1.89. The van der Waals surface area contributed by atoms with Crippen LogP contribution < -0.4 is 15.0 Å². The number of hydrogen-bond acceptors (Lipinski definition) is 6. The van der Waals surface area contributed by atoms with Crippen molar-refractivity contribution in [3.63, 3.8) is 0 Å². The van der Waals surface area contributed by atoms with E-state index in [4.69, 9.17) is 14.2 Å². The summed E-state index contributed by atoms with van der Waals surface area (Å²) in [5.41, 5.74) is 1.81. The predicted octanol–water partition coefficient (Wildman–Crippen LogP) is 3.35. The van der Waals surface area contributed by atoms with Crippen LogP contribution in [0.1, 0.15) is 42.6 Å². The molecule has 1 N–H and O–H groups in total. The predicted molar refractivity (Wildman–Crippen MR) is 120 cm³/mol. The van der Waals surface area contributed by atoms with Crippen molar-refractivity contribution in [2.45, 2.75) is 39.3 Å². The van der Waals surface area contributed by atoms with Crippen molar-refractivity contribution in [3.8, 4) is 17.2 Å². The van der Waals surface area contributed by atoms with Gasteiger partial charge in [0.1, 0.15) is 5.75 Å². The lowest BCUT2D eigenvalue weighted by molar-refractivity contribution is 0.153. The van der Waals surface area contributed by atoms with Gasteiger partial charge in [-0.1, -0.05) is 13.0 Å². The van der Waals surface area contributed by atoms with Crippen molar-refractivity contribution in [3.05, 3.63) is 51.4 Å². The minimum Gasteiger partial charge on any atom is -0.507 e. The Bertz CT molecular complexity index is 948. The Hall–Kier alpha value is -2.51. The van der Waals surface area contributed by atoms with Gasteiger partial charge >= 0.3 is 0 Å². The smallest absolute Gasteiger partial charge is 0.259 e. The van der Waals surface area contributed by atoms with Crippen LogP contribution in [0.5, 0.6) is 17.2 Å². The second kappa shape index (κ2) is 10.2. The zero-order chi connectivity index (χ0) is 22.5. The highest BCUT2D eigenvalue weighted by Crippen LogP contribution is 2.38. The molecule has 0 spiro atoms. The van der Waals surface area contributed by atoms with Gasteiger partial charge in [0.2, 0.25) is 0 Å². The Morgan fingerprint density at radius 2 is 1.77 bits per heavy atom. The largest absolute Gasteiger partial charge is 0.507 e. The van der Waals surface area contributed by atoms with Crippen molar-refractivity contribution < 1.29 is 19.3 Å². The lowest BCUT2D eigenvalue weighted by Gasteiger charge is -2.37. The number of ether oxygens (including phenoxy) is 3. The van der Waals surface area contributed by atoms with E-state index in [1.165, 1.54) is 0 Å². The quantitative estimate of drug-likeness (QED) is 0.692. The number of benzene rings is 1. The average molecular weight is 431 g/mol. The highest BCUT2D eigenvalue weighted by atomic mass is 16.5. The van der Waals surface area contributed by atoms with Crippen LogP contribution in [0.25, 0.3) is 0 Å². The highest BCUT2D eigenvalue weighted by Gasteiger charge is 2.31. The van der Waals surface area contributed by atoms with E-state index in [0.29, 0.717) is 41.8 Å². The first-order chi connectivity index (χ1) is 14.9. The minimum atomic E-state index is -0.380. The van der Waals surface area contributed by atoms with Crippen LogP contribution >= 0.6 is 0 Å². The Morgan fingerprint density at radius 1 is 1.10 bits per heavy atom. The van der Waals surface area contributed by atoms with E-state index >= 15 is 0 Å². The first kappa shape index (κ1) is 23.2. The van der Waals surface area contributed by atoms with E-state index in [0.717, 1.165) is 31.5 Å². The fourth-order valence-electron chi connectivity index (χ4n) is 4.36. The molecule has 170 valence electrons. The van der Waals surface area contributed by atoms with Gasteiger partial charge in [-0.05, 0) is 62.5 Å². The molecule has 2 heterocycles. The van der Waals surface area contributed by atoms with Gasteiger partial charge in [0.25, 0.3) is 5.56 Å². The summed E-state index contributed by atoms with van der Waals surface area (Å²) in [6, 6.07) is 6.99. The molecule has 0 aliphatic carbocycles. The minimum absolute atomic E-state index is 0.0228. The van der Waals surface area contributed by atoms with Gasteiger partial charge in [0, 0.05) is 19.3 Å². The van der Waals surface area contributed by atoms with Crippen LogP contribution in [0.4, 0.5) is 0 Å². The number of likely N-dealkylation sites (tertiary alicyclic amines) is 1. The van der Waals surface area contributed by atoms with E-state index in [1.54, 1.807) is 32.0 Å².